The second-order valence-electron chi connectivity index (χ2n) is 5.67. The summed E-state index contributed by atoms with van der Waals surface area (Å²) in [5, 5.41) is 10.2. The highest BCUT2D eigenvalue weighted by Gasteiger charge is 2.20. The monoisotopic (exact) mass is 364 g/mol. The van der Waals surface area contributed by atoms with Gasteiger partial charge in [-0.3, -0.25) is 18.7 Å². The van der Waals surface area contributed by atoms with Gasteiger partial charge in [0.2, 0.25) is 0 Å². The molecule has 9 heteroatoms. The van der Waals surface area contributed by atoms with E-state index in [4.69, 9.17) is 0 Å². The second-order valence-corrected chi connectivity index (χ2v) is 6.67. The Morgan fingerprint density at radius 1 is 1.16 bits per heavy atom. The molecule has 0 spiro atoms. The van der Waals surface area contributed by atoms with Gasteiger partial charge >= 0.3 is 5.69 Å². The van der Waals surface area contributed by atoms with Crippen LogP contribution < -0.4 is 11.2 Å². The zero-order valence-electron chi connectivity index (χ0n) is 14.8. The fraction of sp³-hybridized carbons (Fsp3) is 0.438. The Morgan fingerprint density at radius 3 is 2.32 bits per heavy atom. The number of fused-ring (bicyclic) bond motifs is 1. The number of Topliss-reactive ketones (excluding diaryl/α,β-unsaturated/α-hetero) is 1. The van der Waals surface area contributed by atoms with Crippen molar-refractivity contribution < 1.29 is 9.90 Å². The van der Waals surface area contributed by atoms with Gasteiger partial charge in [0.1, 0.15) is 22.0 Å². The van der Waals surface area contributed by atoms with Gasteiger partial charge in [-0.15, -0.1) is 0 Å². The van der Waals surface area contributed by atoms with Crippen molar-refractivity contribution in [2.45, 2.75) is 38.6 Å². The summed E-state index contributed by atoms with van der Waals surface area (Å²) < 4.78 is 2.25. The van der Waals surface area contributed by atoms with Gasteiger partial charge in [0.25, 0.3) is 5.56 Å². The van der Waals surface area contributed by atoms with E-state index < -0.39 is 11.2 Å². The van der Waals surface area contributed by atoms with Crippen LogP contribution in [0.25, 0.3) is 11.0 Å². The molecule has 8 nitrogen and oxygen atoms in total. The van der Waals surface area contributed by atoms with Crippen molar-refractivity contribution in [3.63, 3.8) is 0 Å². The molecule has 0 aliphatic carbocycles. The van der Waals surface area contributed by atoms with Crippen LogP contribution in [0.15, 0.2) is 25.3 Å². The maximum Gasteiger partial charge on any atom is 0.332 e. The van der Waals surface area contributed by atoms with Gasteiger partial charge in [0.05, 0.1) is 4.91 Å². The van der Waals surface area contributed by atoms with Crippen LogP contribution in [0.1, 0.15) is 33.0 Å². The van der Waals surface area contributed by atoms with E-state index in [0.29, 0.717) is 12.2 Å². The van der Waals surface area contributed by atoms with Crippen molar-refractivity contribution in [2.75, 3.05) is 0 Å². The van der Waals surface area contributed by atoms with E-state index in [-0.39, 0.29) is 32.5 Å². The first-order chi connectivity index (χ1) is 11.7. The van der Waals surface area contributed by atoms with E-state index in [1.165, 1.54) is 32.5 Å². The highest BCUT2D eigenvalue weighted by molar-refractivity contribution is 8.04. The van der Waals surface area contributed by atoms with Crippen molar-refractivity contribution >= 4 is 28.6 Å². The fourth-order valence-electron chi connectivity index (χ4n) is 2.38. The Labute approximate surface area is 148 Å². The number of aliphatic hydroxyl groups excluding tert-OH is 1. The SMILES string of the molecule is CCCc1nc(S/C(C(C)=O)=C(/C)O)c2c(=O)n(C)c(=O)n(C)c2n1. The molecule has 0 fully saturated rings. The molecule has 134 valence electrons. The smallest absolute Gasteiger partial charge is 0.332 e. The summed E-state index contributed by atoms with van der Waals surface area (Å²) in [6, 6.07) is 0. The molecule has 2 aromatic rings. The summed E-state index contributed by atoms with van der Waals surface area (Å²) in [6.07, 6.45) is 1.34. The zero-order chi connectivity index (χ0) is 18.9. The number of hydrogen-bond acceptors (Lipinski definition) is 7. The van der Waals surface area contributed by atoms with Crippen LogP contribution in [-0.2, 0) is 25.3 Å². The van der Waals surface area contributed by atoms with E-state index in [9.17, 15) is 19.5 Å². The molecule has 0 unspecified atom stereocenters. The number of aromatic nitrogens is 4. The predicted molar refractivity (Wildman–Crippen MR) is 95.9 cm³/mol. The molecule has 0 radical (unpaired) electrons. The Balaban J connectivity index is 2.90. The lowest BCUT2D eigenvalue weighted by atomic mass is 10.3. The minimum Gasteiger partial charge on any atom is -0.511 e. The Hall–Kier alpha value is -2.42. The molecule has 2 aromatic heterocycles. The molecule has 25 heavy (non-hydrogen) atoms. The number of aryl methyl sites for hydroxylation is 2. The average molecular weight is 364 g/mol. The van der Waals surface area contributed by atoms with E-state index in [0.717, 1.165) is 22.7 Å². The van der Waals surface area contributed by atoms with Crippen LogP contribution in [0.5, 0.6) is 0 Å². The lowest BCUT2D eigenvalue weighted by Crippen LogP contribution is -2.37. The average Bonchev–Trinajstić information content (AvgIpc) is 2.55. The van der Waals surface area contributed by atoms with Crippen LogP contribution in [0, 0.1) is 0 Å². The first-order valence-corrected chi connectivity index (χ1v) is 8.55. The van der Waals surface area contributed by atoms with Crippen molar-refractivity contribution in [1.82, 2.24) is 19.1 Å². The molecular formula is C16H20N4O4S. The third kappa shape index (κ3) is 3.51. The van der Waals surface area contributed by atoms with E-state index in [1.54, 1.807) is 0 Å². The van der Waals surface area contributed by atoms with E-state index in [2.05, 4.69) is 9.97 Å². The van der Waals surface area contributed by atoms with E-state index in [1.807, 2.05) is 6.92 Å². The highest BCUT2D eigenvalue weighted by atomic mass is 32.2. The first-order valence-electron chi connectivity index (χ1n) is 7.74. The standard InChI is InChI=1S/C16H20N4O4S/c1-6-7-10-17-13-11(15(23)20(5)16(24)19(13)4)14(18-10)25-12(8(2)21)9(3)22/h21H,6-7H2,1-5H3/b12-8-. The number of allylic oxidation sites excluding steroid dienone is 2. The van der Waals surface area contributed by atoms with Gasteiger partial charge in [-0.1, -0.05) is 18.7 Å². The Bertz CT molecular complexity index is 1000. The van der Waals surface area contributed by atoms with Crippen molar-refractivity contribution in [3.8, 4) is 0 Å². The molecule has 0 saturated heterocycles. The lowest BCUT2D eigenvalue weighted by molar-refractivity contribution is -0.113. The molecule has 0 bridgehead atoms. The number of ketones is 1. The summed E-state index contributed by atoms with van der Waals surface area (Å²) in [5.41, 5.74) is -0.815. The normalized spacial score (nSPS) is 12.4. The number of hydrogen-bond donors (Lipinski definition) is 1. The minimum atomic E-state index is -0.540. The maximum atomic E-state index is 12.6. The molecule has 0 atom stereocenters. The maximum absolute atomic E-state index is 12.6. The predicted octanol–water partition coefficient (Wildman–Crippen LogP) is 1.45. The lowest BCUT2D eigenvalue weighted by Gasteiger charge is -2.12. The number of aliphatic hydroxyl groups is 1. The van der Waals surface area contributed by atoms with Gasteiger partial charge < -0.3 is 5.11 Å². The zero-order valence-corrected chi connectivity index (χ0v) is 15.6. The van der Waals surface area contributed by atoms with Crippen LogP contribution in [0.3, 0.4) is 0 Å². The van der Waals surface area contributed by atoms with Gasteiger partial charge in [-0.05, 0) is 20.3 Å². The number of carbonyl (C=O) groups excluding carboxylic acids is 1. The number of thioether (sulfide) groups is 1. The topological polar surface area (TPSA) is 107 Å². The van der Waals surface area contributed by atoms with Crippen LogP contribution in [0.4, 0.5) is 0 Å². The third-order valence-corrected chi connectivity index (χ3v) is 4.91. The number of rotatable bonds is 5. The summed E-state index contributed by atoms with van der Waals surface area (Å²) in [7, 11) is 2.90. The Kier molecular flexibility index (Phi) is 5.46. The molecule has 0 aromatic carbocycles. The quantitative estimate of drug-likeness (QED) is 0.370. The van der Waals surface area contributed by atoms with Crippen LogP contribution in [-0.4, -0.2) is 30.0 Å². The van der Waals surface area contributed by atoms with Crippen LogP contribution >= 0.6 is 11.8 Å². The second kappa shape index (κ2) is 7.22. The third-order valence-electron chi connectivity index (χ3n) is 3.63. The van der Waals surface area contributed by atoms with Crippen molar-refractivity contribution in [3.05, 3.63) is 37.3 Å². The summed E-state index contributed by atoms with van der Waals surface area (Å²) in [4.78, 5) is 45.4. The van der Waals surface area contributed by atoms with Gasteiger partial charge in [-0.25, -0.2) is 14.8 Å². The molecule has 0 amide bonds. The van der Waals surface area contributed by atoms with Gasteiger partial charge in [-0.2, -0.15) is 0 Å². The summed E-state index contributed by atoms with van der Waals surface area (Å²) >= 11 is 0.912. The molecule has 0 aliphatic heterocycles. The van der Waals surface area contributed by atoms with Crippen LogP contribution in [0.2, 0.25) is 0 Å². The van der Waals surface area contributed by atoms with Gasteiger partial charge in [0, 0.05) is 20.5 Å². The molecule has 1 N–H and O–H groups in total. The van der Waals surface area contributed by atoms with Gasteiger partial charge in [0.15, 0.2) is 11.4 Å². The molecule has 2 heterocycles. The largest absolute Gasteiger partial charge is 0.511 e. The molecule has 0 aliphatic rings. The minimum absolute atomic E-state index is 0.0957. The number of nitrogens with zero attached hydrogens (tertiary/aromatic N) is 4. The summed E-state index contributed by atoms with van der Waals surface area (Å²) in [6.45, 7) is 4.68. The molecule has 0 saturated carbocycles. The van der Waals surface area contributed by atoms with Crippen molar-refractivity contribution in [2.24, 2.45) is 14.1 Å². The summed E-state index contributed by atoms with van der Waals surface area (Å²) in [5.74, 6) is -0.0161. The fourth-order valence-corrected chi connectivity index (χ4v) is 3.29. The van der Waals surface area contributed by atoms with Crippen molar-refractivity contribution in [1.29, 1.82) is 0 Å². The number of carbonyl (C=O) groups is 1. The van der Waals surface area contributed by atoms with E-state index >= 15 is 0 Å². The Morgan fingerprint density at radius 2 is 1.80 bits per heavy atom. The molecular weight excluding hydrogens is 344 g/mol. The first kappa shape index (κ1) is 18.9. The molecule has 2 rings (SSSR count). The highest BCUT2D eigenvalue weighted by Crippen LogP contribution is 2.31.